The molecule has 0 bridgehead atoms. The lowest BCUT2D eigenvalue weighted by Crippen LogP contribution is -2.44. The zero-order valence-electron chi connectivity index (χ0n) is 14.1. The molecular formula is C19H22N4O2. The van der Waals surface area contributed by atoms with Gasteiger partial charge in [-0.1, -0.05) is 18.9 Å². The van der Waals surface area contributed by atoms with Gasteiger partial charge in [0.15, 0.2) is 0 Å². The summed E-state index contributed by atoms with van der Waals surface area (Å²) in [6, 6.07) is 7.41. The van der Waals surface area contributed by atoms with E-state index in [-0.39, 0.29) is 11.3 Å². The summed E-state index contributed by atoms with van der Waals surface area (Å²) in [4.78, 5) is 21.1. The molecule has 2 N–H and O–H groups in total. The Morgan fingerprint density at radius 3 is 3.16 bits per heavy atom. The summed E-state index contributed by atoms with van der Waals surface area (Å²) in [5.74, 6) is 1.62. The summed E-state index contributed by atoms with van der Waals surface area (Å²) in [5.41, 5.74) is 0.483. The molecule has 1 saturated heterocycles. The Bertz CT molecular complexity index is 752. The average Bonchev–Trinajstić information content (AvgIpc) is 3.08. The summed E-state index contributed by atoms with van der Waals surface area (Å²) in [6.45, 7) is 1.72. The molecule has 2 aliphatic rings. The van der Waals surface area contributed by atoms with E-state index in [0.29, 0.717) is 17.5 Å². The zero-order chi connectivity index (χ0) is 17.1. The van der Waals surface area contributed by atoms with Crippen LogP contribution in [0.25, 0.3) is 0 Å². The monoisotopic (exact) mass is 338 g/mol. The minimum absolute atomic E-state index is 0.124. The van der Waals surface area contributed by atoms with E-state index in [1.807, 2.05) is 24.3 Å². The topological polar surface area (TPSA) is 76.1 Å². The number of fused-ring (bicyclic) bond motifs is 1. The van der Waals surface area contributed by atoms with E-state index < -0.39 is 0 Å². The van der Waals surface area contributed by atoms with Gasteiger partial charge in [-0.3, -0.25) is 9.78 Å². The molecule has 4 rings (SSSR count). The molecule has 2 fully saturated rings. The van der Waals surface area contributed by atoms with Crippen molar-refractivity contribution in [1.82, 2.24) is 15.3 Å². The number of aromatic nitrogens is 2. The van der Waals surface area contributed by atoms with E-state index >= 15 is 0 Å². The van der Waals surface area contributed by atoms with E-state index in [0.717, 1.165) is 38.0 Å². The van der Waals surface area contributed by atoms with Gasteiger partial charge in [-0.25, -0.2) is 4.98 Å². The van der Waals surface area contributed by atoms with Crippen LogP contribution in [-0.4, -0.2) is 29.0 Å². The molecule has 2 heterocycles. The number of nitrogens with zero attached hydrogens (tertiary/aromatic N) is 2. The van der Waals surface area contributed by atoms with Crippen LogP contribution in [0.2, 0.25) is 0 Å². The lowest BCUT2D eigenvalue weighted by Gasteiger charge is -2.37. The lowest BCUT2D eigenvalue weighted by atomic mass is 9.67. The Morgan fingerprint density at radius 1 is 1.32 bits per heavy atom. The Kier molecular flexibility index (Phi) is 4.36. The quantitative estimate of drug-likeness (QED) is 0.896. The third-order valence-corrected chi connectivity index (χ3v) is 5.34. The molecule has 2 aromatic rings. The van der Waals surface area contributed by atoms with Crippen LogP contribution >= 0.6 is 0 Å². The molecule has 1 aliphatic carbocycles. The van der Waals surface area contributed by atoms with Gasteiger partial charge in [-0.15, -0.1) is 0 Å². The first kappa shape index (κ1) is 16.0. The molecule has 6 heteroatoms. The predicted octanol–water partition coefficient (Wildman–Crippen LogP) is 2.99. The van der Waals surface area contributed by atoms with Crippen molar-refractivity contribution in [2.45, 2.75) is 25.7 Å². The van der Waals surface area contributed by atoms with Gasteiger partial charge in [0.1, 0.15) is 5.75 Å². The minimum Gasteiger partial charge on any atom is -0.437 e. The van der Waals surface area contributed by atoms with E-state index in [1.54, 1.807) is 18.6 Å². The molecule has 0 spiro atoms. The number of hydrogen-bond donors (Lipinski definition) is 2. The number of nitrogens with one attached hydrogen (secondary N) is 2. The van der Waals surface area contributed by atoms with Gasteiger partial charge >= 0.3 is 0 Å². The normalized spacial score (nSPS) is 25.2. The van der Waals surface area contributed by atoms with E-state index in [2.05, 4.69) is 20.6 Å². The van der Waals surface area contributed by atoms with Gasteiger partial charge in [0, 0.05) is 30.7 Å². The van der Waals surface area contributed by atoms with Crippen molar-refractivity contribution in [3.63, 3.8) is 0 Å². The highest BCUT2D eigenvalue weighted by atomic mass is 16.5. The summed E-state index contributed by atoms with van der Waals surface area (Å²) in [6.07, 6.45) is 9.18. The van der Waals surface area contributed by atoms with Crippen molar-refractivity contribution in [2.24, 2.45) is 11.3 Å². The number of hydrogen-bond acceptors (Lipinski definition) is 5. The summed E-state index contributed by atoms with van der Waals surface area (Å²) in [7, 11) is 0. The molecule has 1 amide bonds. The number of benzene rings is 1. The second-order valence-electron chi connectivity index (χ2n) is 6.86. The molecule has 0 radical (unpaired) electrons. The third-order valence-electron chi connectivity index (χ3n) is 5.34. The Balaban J connectivity index is 1.49. The molecule has 130 valence electrons. The predicted molar refractivity (Wildman–Crippen MR) is 94.4 cm³/mol. The van der Waals surface area contributed by atoms with Crippen molar-refractivity contribution >= 4 is 11.6 Å². The third kappa shape index (κ3) is 3.22. The van der Waals surface area contributed by atoms with Gasteiger partial charge in [0.2, 0.25) is 11.8 Å². The molecule has 1 aromatic heterocycles. The van der Waals surface area contributed by atoms with E-state index in [4.69, 9.17) is 4.74 Å². The molecule has 1 saturated carbocycles. The fourth-order valence-corrected chi connectivity index (χ4v) is 4.04. The van der Waals surface area contributed by atoms with Crippen LogP contribution in [0, 0.1) is 11.3 Å². The van der Waals surface area contributed by atoms with Gasteiger partial charge in [0.05, 0.1) is 11.6 Å². The van der Waals surface area contributed by atoms with Crippen molar-refractivity contribution in [3.8, 4) is 11.6 Å². The number of ether oxygens (including phenoxy) is 1. The largest absolute Gasteiger partial charge is 0.437 e. The Morgan fingerprint density at radius 2 is 2.28 bits per heavy atom. The first-order valence-electron chi connectivity index (χ1n) is 8.82. The van der Waals surface area contributed by atoms with E-state index in [9.17, 15) is 4.79 Å². The van der Waals surface area contributed by atoms with Crippen LogP contribution in [0.5, 0.6) is 11.6 Å². The zero-order valence-corrected chi connectivity index (χ0v) is 14.1. The van der Waals surface area contributed by atoms with Crippen LogP contribution in [0.4, 0.5) is 5.69 Å². The second-order valence-corrected chi connectivity index (χ2v) is 6.86. The van der Waals surface area contributed by atoms with Crippen molar-refractivity contribution in [2.75, 3.05) is 18.4 Å². The summed E-state index contributed by atoms with van der Waals surface area (Å²) in [5, 5.41) is 6.52. The fourth-order valence-electron chi connectivity index (χ4n) is 4.04. The highest BCUT2D eigenvalue weighted by Gasteiger charge is 2.49. The highest BCUT2D eigenvalue weighted by molar-refractivity contribution is 5.96. The van der Waals surface area contributed by atoms with Crippen LogP contribution in [0.1, 0.15) is 25.7 Å². The van der Waals surface area contributed by atoms with Gasteiger partial charge < -0.3 is 15.4 Å². The van der Waals surface area contributed by atoms with Crippen molar-refractivity contribution in [3.05, 3.63) is 42.9 Å². The molecule has 25 heavy (non-hydrogen) atoms. The minimum atomic E-state index is -0.264. The van der Waals surface area contributed by atoms with Crippen molar-refractivity contribution < 1.29 is 9.53 Å². The lowest BCUT2D eigenvalue weighted by molar-refractivity contribution is -0.128. The van der Waals surface area contributed by atoms with Crippen LogP contribution in [0.3, 0.4) is 0 Å². The second kappa shape index (κ2) is 6.80. The maximum atomic E-state index is 13.0. The molecule has 1 aromatic carbocycles. The first-order valence-corrected chi connectivity index (χ1v) is 8.82. The Labute approximate surface area is 147 Å². The molecule has 6 nitrogen and oxygen atoms in total. The molecule has 0 unspecified atom stereocenters. The number of rotatable bonds is 4. The van der Waals surface area contributed by atoms with Crippen LogP contribution in [-0.2, 0) is 4.79 Å². The van der Waals surface area contributed by atoms with Crippen LogP contribution in [0.15, 0.2) is 42.9 Å². The van der Waals surface area contributed by atoms with Gasteiger partial charge in [-0.05, 0) is 37.4 Å². The standard InChI is InChI=1S/C19H22N4O2/c24-18(19-7-2-1-4-14(19)11-21-13-19)23-15-5-3-6-16(10-15)25-17-12-20-8-9-22-17/h3,5-6,8-10,12,14,21H,1-2,4,7,11,13H2,(H,23,24)/t14-,19+/m0/s1. The Hall–Kier alpha value is -2.47. The molecule has 2 atom stereocenters. The number of amides is 1. The smallest absolute Gasteiger partial charge is 0.237 e. The van der Waals surface area contributed by atoms with Gasteiger partial charge in [-0.2, -0.15) is 0 Å². The summed E-state index contributed by atoms with van der Waals surface area (Å²) >= 11 is 0. The molecule has 1 aliphatic heterocycles. The maximum Gasteiger partial charge on any atom is 0.237 e. The molecular weight excluding hydrogens is 316 g/mol. The fraction of sp³-hybridized carbons (Fsp3) is 0.421. The van der Waals surface area contributed by atoms with Crippen molar-refractivity contribution in [1.29, 1.82) is 0 Å². The first-order chi connectivity index (χ1) is 12.3. The average molecular weight is 338 g/mol. The van der Waals surface area contributed by atoms with E-state index in [1.165, 1.54) is 6.42 Å². The highest BCUT2D eigenvalue weighted by Crippen LogP contribution is 2.44. The van der Waals surface area contributed by atoms with Crippen LogP contribution < -0.4 is 15.4 Å². The summed E-state index contributed by atoms with van der Waals surface area (Å²) < 4.78 is 5.69. The maximum absolute atomic E-state index is 13.0. The number of anilines is 1. The SMILES string of the molecule is O=C(Nc1cccc(Oc2cnccn2)c1)[C@@]12CCCC[C@H]1CNC2. The number of carbonyl (C=O) groups excluding carboxylic acids is 1. The number of carbonyl (C=O) groups is 1. The van der Waals surface area contributed by atoms with Gasteiger partial charge in [0.25, 0.3) is 0 Å².